The monoisotopic (exact) mass is 391 g/mol. The molecule has 3 N–H and O–H groups in total. The maximum atomic E-state index is 12.7. The van der Waals surface area contributed by atoms with E-state index >= 15 is 0 Å². The van der Waals surface area contributed by atoms with Gasteiger partial charge in [-0.05, 0) is 49.8 Å². The molecular formula is C20H30ClN5O. The van der Waals surface area contributed by atoms with Gasteiger partial charge in [0.05, 0.1) is 5.69 Å². The normalized spacial score (nSPS) is 19.6. The van der Waals surface area contributed by atoms with Crippen molar-refractivity contribution < 1.29 is 4.79 Å². The van der Waals surface area contributed by atoms with Crippen molar-refractivity contribution in [2.45, 2.75) is 58.4 Å². The molecule has 3 rings (SSSR count). The molecular weight excluding hydrogens is 362 g/mol. The van der Waals surface area contributed by atoms with Crippen molar-refractivity contribution in [3.8, 4) is 5.69 Å². The van der Waals surface area contributed by atoms with E-state index in [4.69, 9.17) is 5.73 Å². The number of nitrogens with two attached hydrogens (primary N) is 1. The molecule has 0 aliphatic heterocycles. The highest BCUT2D eigenvalue weighted by molar-refractivity contribution is 5.90. The summed E-state index contributed by atoms with van der Waals surface area (Å²) in [4.78, 5) is 17.1. The van der Waals surface area contributed by atoms with Gasteiger partial charge < -0.3 is 11.1 Å². The highest BCUT2D eigenvalue weighted by Crippen LogP contribution is 2.25. The van der Waals surface area contributed by atoms with Gasteiger partial charge in [0.1, 0.15) is 5.82 Å². The fraction of sp³-hybridized carbons (Fsp3) is 0.550. The van der Waals surface area contributed by atoms with Crippen LogP contribution in [0.15, 0.2) is 24.3 Å². The summed E-state index contributed by atoms with van der Waals surface area (Å²) in [5.74, 6) is 1.43. The number of nitrogens with one attached hydrogen (secondary N) is 1. The van der Waals surface area contributed by atoms with Gasteiger partial charge in [-0.15, -0.1) is 17.5 Å². The SMILES string of the molecule is Cc1nc(C(=O)NC2CCCCC2CN)nn1-c1ccccc1C(C)C.Cl. The zero-order valence-corrected chi connectivity index (χ0v) is 17.1. The maximum Gasteiger partial charge on any atom is 0.291 e. The van der Waals surface area contributed by atoms with E-state index in [0.717, 1.165) is 24.9 Å². The Labute approximate surface area is 167 Å². The number of hydrogen-bond acceptors (Lipinski definition) is 4. The number of amides is 1. The quantitative estimate of drug-likeness (QED) is 0.818. The minimum atomic E-state index is -0.209. The summed E-state index contributed by atoms with van der Waals surface area (Å²) in [6, 6.07) is 8.24. The summed E-state index contributed by atoms with van der Waals surface area (Å²) in [6.07, 6.45) is 4.36. The molecule has 6 nitrogen and oxygen atoms in total. The van der Waals surface area contributed by atoms with Gasteiger partial charge >= 0.3 is 0 Å². The van der Waals surface area contributed by atoms with Crippen molar-refractivity contribution >= 4 is 18.3 Å². The number of hydrogen-bond donors (Lipinski definition) is 2. The van der Waals surface area contributed by atoms with Crippen LogP contribution in [-0.2, 0) is 0 Å². The Hall–Kier alpha value is -1.92. The molecule has 0 saturated heterocycles. The van der Waals surface area contributed by atoms with Gasteiger partial charge in [0, 0.05) is 6.04 Å². The van der Waals surface area contributed by atoms with Gasteiger partial charge in [0.2, 0.25) is 5.82 Å². The Morgan fingerprint density at radius 2 is 2.00 bits per heavy atom. The standard InChI is InChI=1S/C20H29N5O.ClH/c1-13(2)16-9-5-7-11-18(16)25-14(3)22-19(24-25)20(26)23-17-10-6-4-8-15(17)12-21;/h5,7,9,11,13,15,17H,4,6,8,10,12,21H2,1-3H3,(H,23,26);1H. The Morgan fingerprint density at radius 3 is 2.70 bits per heavy atom. The third-order valence-corrected chi connectivity index (χ3v) is 5.29. The first-order valence-corrected chi connectivity index (χ1v) is 9.55. The van der Waals surface area contributed by atoms with Crippen LogP contribution in [0.5, 0.6) is 0 Å². The summed E-state index contributed by atoms with van der Waals surface area (Å²) in [5.41, 5.74) is 8.03. The van der Waals surface area contributed by atoms with Crippen LogP contribution in [0.3, 0.4) is 0 Å². The third-order valence-electron chi connectivity index (χ3n) is 5.29. The van der Waals surface area contributed by atoms with Gasteiger partial charge in [-0.1, -0.05) is 44.9 Å². The van der Waals surface area contributed by atoms with Gasteiger partial charge in [-0.25, -0.2) is 9.67 Å². The smallest absolute Gasteiger partial charge is 0.291 e. The molecule has 1 aromatic heterocycles. The van der Waals surface area contributed by atoms with Crippen LogP contribution in [0.4, 0.5) is 0 Å². The molecule has 1 fully saturated rings. The van der Waals surface area contributed by atoms with Gasteiger partial charge in [-0.2, -0.15) is 0 Å². The minimum absolute atomic E-state index is 0. The first-order valence-electron chi connectivity index (χ1n) is 9.55. The first kappa shape index (κ1) is 21.4. The lowest BCUT2D eigenvalue weighted by atomic mass is 9.84. The Kier molecular flexibility index (Phi) is 7.39. The van der Waals surface area contributed by atoms with E-state index < -0.39 is 0 Å². The van der Waals surface area contributed by atoms with E-state index in [0.29, 0.717) is 24.2 Å². The Bertz CT molecular complexity index is 773. The van der Waals surface area contributed by atoms with Crippen molar-refractivity contribution in [1.82, 2.24) is 20.1 Å². The van der Waals surface area contributed by atoms with Crippen LogP contribution in [0.1, 0.15) is 67.5 Å². The van der Waals surface area contributed by atoms with Crippen molar-refractivity contribution in [3.63, 3.8) is 0 Å². The molecule has 27 heavy (non-hydrogen) atoms. The van der Waals surface area contributed by atoms with Gasteiger partial charge in [-0.3, -0.25) is 4.79 Å². The molecule has 7 heteroatoms. The molecule has 0 radical (unpaired) electrons. The number of halogens is 1. The van der Waals surface area contributed by atoms with Crippen molar-refractivity contribution in [3.05, 3.63) is 41.5 Å². The van der Waals surface area contributed by atoms with Crippen molar-refractivity contribution in [2.75, 3.05) is 6.54 Å². The predicted molar refractivity (Wildman–Crippen MR) is 110 cm³/mol. The van der Waals surface area contributed by atoms with Crippen LogP contribution in [0, 0.1) is 12.8 Å². The number of aryl methyl sites for hydroxylation is 1. The maximum absolute atomic E-state index is 12.7. The zero-order chi connectivity index (χ0) is 18.7. The summed E-state index contributed by atoms with van der Waals surface area (Å²) in [6.45, 7) is 6.78. The average molecular weight is 392 g/mol. The lowest BCUT2D eigenvalue weighted by Crippen LogP contribution is -2.45. The van der Waals surface area contributed by atoms with Crippen LogP contribution < -0.4 is 11.1 Å². The molecule has 1 saturated carbocycles. The lowest BCUT2D eigenvalue weighted by Gasteiger charge is -2.30. The number of benzene rings is 1. The van der Waals surface area contributed by atoms with Gasteiger partial charge in [0.25, 0.3) is 5.91 Å². The van der Waals surface area contributed by atoms with Crippen molar-refractivity contribution in [1.29, 1.82) is 0 Å². The fourth-order valence-electron chi connectivity index (χ4n) is 3.80. The highest BCUT2D eigenvalue weighted by atomic mass is 35.5. The molecule has 148 valence electrons. The van der Waals surface area contributed by atoms with E-state index in [1.54, 1.807) is 4.68 Å². The summed E-state index contributed by atoms with van der Waals surface area (Å²) < 4.78 is 1.77. The molecule has 0 spiro atoms. The Balaban J connectivity index is 0.00000261. The molecule has 1 heterocycles. The lowest BCUT2D eigenvalue weighted by molar-refractivity contribution is 0.0897. The predicted octanol–water partition coefficient (Wildman–Crippen LogP) is 3.37. The highest BCUT2D eigenvalue weighted by Gasteiger charge is 2.27. The number of aromatic nitrogens is 3. The largest absolute Gasteiger partial charge is 0.346 e. The molecule has 1 aliphatic carbocycles. The number of carbonyl (C=O) groups is 1. The molecule has 1 aliphatic rings. The molecule has 1 amide bonds. The van der Waals surface area contributed by atoms with Crippen LogP contribution in [0.25, 0.3) is 5.69 Å². The molecule has 1 aromatic carbocycles. The first-order chi connectivity index (χ1) is 12.5. The molecule has 2 unspecified atom stereocenters. The fourth-order valence-corrected chi connectivity index (χ4v) is 3.80. The Morgan fingerprint density at radius 1 is 1.30 bits per heavy atom. The van der Waals surface area contributed by atoms with E-state index in [-0.39, 0.29) is 30.2 Å². The number of para-hydroxylation sites is 1. The minimum Gasteiger partial charge on any atom is -0.346 e. The second kappa shape index (κ2) is 9.33. The molecule has 2 atom stereocenters. The second-order valence-electron chi connectivity index (χ2n) is 7.47. The van der Waals surface area contributed by atoms with E-state index in [9.17, 15) is 4.79 Å². The van der Waals surface area contributed by atoms with Crippen LogP contribution in [-0.4, -0.2) is 33.3 Å². The van der Waals surface area contributed by atoms with E-state index in [2.05, 4.69) is 35.3 Å². The summed E-state index contributed by atoms with van der Waals surface area (Å²) in [7, 11) is 0. The van der Waals surface area contributed by atoms with Crippen molar-refractivity contribution in [2.24, 2.45) is 11.7 Å². The van der Waals surface area contributed by atoms with E-state index in [1.165, 1.54) is 12.0 Å². The van der Waals surface area contributed by atoms with Crippen LogP contribution >= 0.6 is 12.4 Å². The second-order valence-corrected chi connectivity index (χ2v) is 7.47. The van der Waals surface area contributed by atoms with E-state index in [1.807, 2.05) is 25.1 Å². The average Bonchev–Trinajstić information content (AvgIpc) is 3.04. The number of nitrogens with zero attached hydrogens (tertiary/aromatic N) is 3. The topological polar surface area (TPSA) is 85.8 Å². The van der Waals surface area contributed by atoms with Gasteiger partial charge in [0.15, 0.2) is 0 Å². The number of carbonyl (C=O) groups excluding carboxylic acids is 1. The summed E-state index contributed by atoms with van der Waals surface area (Å²) >= 11 is 0. The zero-order valence-electron chi connectivity index (χ0n) is 16.3. The third kappa shape index (κ3) is 4.68. The molecule has 2 aromatic rings. The molecule has 0 bridgehead atoms. The number of rotatable bonds is 5. The summed E-state index contributed by atoms with van der Waals surface area (Å²) in [5, 5.41) is 7.61. The van der Waals surface area contributed by atoms with Crippen LogP contribution in [0.2, 0.25) is 0 Å².